The first-order chi connectivity index (χ1) is 12.4. The van der Waals surface area contributed by atoms with E-state index in [0.29, 0.717) is 5.69 Å². The van der Waals surface area contributed by atoms with E-state index in [1.807, 2.05) is 74.5 Å². The molecule has 5 heteroatoms. The molecule has 2 aromatic carbocycles. The molecule has 0 atom stereocenters. The van der Waals surface area contributed by atoms with Gasteiger partial charge in [0, 0.05) is 12.4 Å². The third-order valence-corrected chi connectivity index (χ3v) is 5.78. The molecule has 0 bridgehead atoms. The second-order valence-corrected chi connectivity index (χ2v) is 8.35. The van der Waals surface area contributed by atoms with Crippen LogP contribution in [0.2, 0.25) is 0 Å². The zero-order valence-corrected chi connectivity index (χ0v) is 15.8. The van der Waals surface area contributed by atoms with Crippen molar-refractivity contribution < 1.29 is 8.42 Å². The highest BCUT2D eigenvalue weighted by Crippen LogP contribution is 2.25. The Morgan fingerprint density at radius 1 is 0.885 bits per heavy atom. The molecule has 0 aliphatic heterocycles. The van der Waals surface area contributed by atoms with Crippen molar-refractivity contribution in [2.45, 2.75) is 26.1 Å². The van der Waals surface area contributed by atoms with Crippen LogP contribution in [0.15, 0.2) is 73.1 Å². The van der Waals surface area contributed by atoms with Crippen molar-refractivity contribution in [2.24, 2.45) is 0 Å². The van der Waals surface area contributed by atoms with Crippen LogP contribution in [0, 0.1) is 13.8 Å². The van der Waals surface area contributed by atoms with Crippen molar-refractivity contribution in [1.82, 2.24) is 4.98 Å². The zero-order chi connectivity index (χ0) is 18.6. The number of aryl methyl sites for hydroxylation is 2. The Hall–Kier alpha value is -2.66. The molecule has 1 heterocycles. The number of hydrogen-bond acceptors (Lipinski definition) is 3. The standard InChI is InChI=1S/C21H22N2O2S/c1-17-11-18(2)13-21(12-17)23(15-20-9-6-10-22-14-20)26(24,25)16-19-7-4-3-5-8-19/h3-14H,15-16H2,1-2H3. The lowest BCUT2D eigenvalue weighted by molar-refractivity contribution is 0.589. The lowest BCUT2D eigenvalue weighted by atomic mass is 10.1. The van der Waals surface area contributed by atoms with Crippen LogP contribution in [0.4, 0.5) is 5.69 Å². The first kappa shape index (κ1) is 18.1. The van der Waals surface area contributed by atoms with Crippen molar-refractivity contribution >= 4 is 15.7 Å². The molecule has 26 heavy (non-hydrogen) atoms. The van der Waals surface area contributed by atoms with E-state index in [9.17, 15) is 8.42 Å². The maximum atomic E-state index is 13.2. The van der Waals surface area contributed by atoms with Crippen molar-refractivity contribution in [3.8, 4) is 0 Å². The largest absolute Gasteiger partial charge is 0.265 e. The summed E-state index contributed by atoms with van der Waals surface area (Å²) in [6.07, 6.45) is 3.39. The van der Waals surface area contributed by atoms with Crippen molar-refractivity contribution in [3.63, 3.8) is 0 Å². The van der Waals surface area contributed by atoms with Crippen LogP contribution in [0.5, 0.6) is 0 Å². The van der Waals surface area contributed by atoms with Gasteiger partial charge in [-0.05, 0) is 54.3 Å². The fourth-order valence-electron chi connectivity index (χ4n) is 2.97. The lowest BCUT2D eigenvalue weighted by Gasteiger charge is -2.25. The summed E-state index contributed by atoms with van der Waals surface area (Å²) in [6, 6.07) is 18.8. The fourth-order valence-corrected chi connectivity index (χ4v) is 4.51. The summed E-state index contributed by atoms with van der Waals surface area (Å²) in [6.45, 7) is 4.21. The summed E-state index contributed by atoms with van der Waals surface area (Å²) in [5, 5.41) is 0. The third-order valence-electron chi connectivity index (χ3n) is 4.07. The zero-order valence-electron chi connectivity index (χ0n) is 15.0. The number of hydrogen-bond donors (Lipinski definition) is 0. The maximum Gasteiger partial charge on any atom is 0.239 e. The Balaban J connectivity index is 2.01. The lowest BCUT2D eigenvalue weighted by Crippen LogP contribution is -2.31. The van der Waals surface area contributed by atoms with Crippen LogP contribution in [-0.2, 0) is 22.3 Å². The molecule has 0 unspecified atom stereocenters. The highest BCUT2D eigenvalue weighted by atomic mass is 32.2. The van der Waals surface area contributed by atoms with E-state index >= 15 is 0 Å². The number of rotatable bonds is 6. The Morgan fingerprint density at radius 2 is 1.54 bits per heavy atom. The topological polar surface area (TPSA) is 50.3 Å². The predicted octanol–water partition coefficient (Wildman–Crippen LogP) is 4.24. The van der Waals surface area contributed by atoms with Crippen LogP contribution >= 0.6 is 0 Å². The Bertz CT molecular complexity index is 951. The van der Waals surface area contributed by atoms with Gasteiger partial charge >= 0.3 is 0 Å². The predicted molar refractivity (Wildman–Crippen MR) is 105 cm³/mol. The van der Waals surface area contributed by atoms with Crippen LogP contribution < -0.4 is 4.31 Å². The molecule has 0 aliphatic carbocycles. The van der Waals surface area contributed by atoms with Crippen LogP contribution in [0.25, 0.3) is 0 Å². The third kappa shape index (κ3) is 4.49. The van der Waals surface area contributed by atoms with E-state index in [0.717, 1.165) is 22.3 Å². The monoisotopic (exact) mass is 366 g/mol. The highest BCUT2D eigenvalue weighted by molar-refractivity contribution is 7.92. The van der Waals surface area contributed by atoms with Gasteiger partial charge in [-0.3, -0.25) is 9.29 Å². The van der Waals surface area contributed by atoms with Crippen LogP contribution in [-0.4, -0.2) is 13.4 Å². The normalized spacial score (nSPS) is 11.3. The smallest absolute Gasteiger partial charge is 0.239 e. The summed E-state index contributed by atoms with van der Waals surface area (Å²) in [5.74, 6) is -0.0406. The summed E-state index contributed by atoms with van der Waals surface area (Å²) in [5.41, 5.74) is 4.37. The molecular weight excluding hydrogens is 344 g/mol. The van der Waals surface area contributed by atoms with Gasteiger partial charge in [-0.15, -0.1) is 0 Å². The van der Waals surface area contributed by atoms with Gasteiger partial charge in [0.15, 0.2) is 0 Å². The minimum absolute atomic E-state index is 0.0406. The van der Waals surface area contributed by atoms with Gasteiger partial charge in [0.1, 0.15) is 0 Å². The molecule has 3 rings (SSSR count). The Morgan fingerprint density at radius 3 is 2.15 bits per heavy atom. The van der Waals surface area contributed by atoms with E-state index in [1.54, 1.807) is 12.4 Å². The van der Waals surface area contributed by atoms with Gasteiger partial charge in [-0.25, -0.2) is 8.42 Å². The van der Waals surface area contributed by atoms with Gasteiger partial charge in [0.05, 0.1) is 18.0 Å². The SMILES string of the molecule is Cc1cc(C)cc(N(Cc2cccnc2)S(=O)(=O)Cc2ccccc2)c1. The number of nitrogens with zero attached hydrogens (tertiary/aromatic N) is 2. The first-order valence-corrected chi connectivity index (χ1v) is 10.1. The molecule has 0 radical (unpaired) electrons. The van der Waals surface area contributed by atoms with Crippen molar-refractivity contribution in [2.75, 3.05) is 4.31 Å². The minimum atomic E-state index is -3.55. The van der Waals surface area contributed by atoms with E-state index in [4.69, 9.17) is 0 Å². The fraction of sp³-hybridized carbons (Fsp3) is 0.190. The van der Waals surface area contributed by atoms with E-state index in [-0.39, 0.29) is 12.3 Å². The molecule has 0 saturated carbocycles. The van der Waals surface area contributed by atoms with Gasteiger partial charge in [-0.2, -0.15) is 0 Å². The number of benzene rings is 2. The average Bonchev–Trinajstić information content (AvgIpc) is 2.60. The molecule has 0 saturated heterocycles. The second kappa shape index (κ2) is 7.70. The Labute approximate surface area is 155 Å². The van der Waals surface area contributed by atoms with Crippen LogP contribution in [0.3, 0.4) is 0 Å². The second-order valence-electron chi connectivity index (χ2n) is 6.46. The van der Waals surface area contributed by atoms with Gasteiger partial charge in [0.2, 0.25) is 10.0 Å². The van der Waals surface area contributed by atoms with Crippen molar-refractivity contribution in [3.05, 3.63) is 95.3 Å². The molecule has 0 amide bonds. The van der Waals surface area contributed by atoms with Gasteiger partial charge in [0.25, 0.3) is 0 Å². The van der Waals surface area contributed by atoms with E-state index in [1.165, 1.54) is 4.31 Å². The molecule has 1 aromatic heterocycles. The quantitative estimate of drug-likeness (QED) is 0.656. The number of sulfonamides is 1. The Kier molecular flexibility index (Phi) is 5.38. The molecule has 3 aromatic rings. The first-order valence-electron chi connectivity index (χ1n) is 8.45. The van der Waals surface area contributed by atoms with Gasteiger partial charge < -0.3 is 0 Å². The minimum Gasteiger partial charge on any atom is -0.265 e. The molecule has 0 aliphatic rings. The van der Waals surface area contributed by atoms with Crippen LogP contribution in [0.1, 0.15) is 22.3 Å². The summed E-state index contributed by atoms with van der Waals surface area (Å²) in [7, 11) is -3.55. The van der Waals surface area contributed by atoms with Gasteiger partial charge in [-0.1, -0.05) is 42.5 Å². The molecule has 0 spiro atoms. The van der Waals surface area contributed by atoms with Crippen molar-refractivity contribution in [1.29, 1.82) is 0 Å². The average molecular weight is 366 g/mol. The van der Waals surface area contributed by atoms with E-state index < -0.39 is 10.0 Å². The summed E-state index contributed by atoms with van der Waals surface area (Å²) >= 11 is 0. The van der Waals surface area contributed by atoms with E-state index in [2.05, 4.69) is 4.98 Å². The maximum absolute atomic E-state index is 13.2. The molecular formula is C21H22N2O2S. The highest BCUT2D eigenvalue weighted by Gasteiger charge is 2.24. The molecule has 134 valence electrons. The number of aromatic nitrogens is 1. The molecule has 0 fully saturated rings. The molecule has 4 nitrogen and oxygen atoms in total. The summed E-state index contributed by atoms with van der Waals surface area (Å²) < 4.78 is 27.9. The number of anilines is 1. The molecule has 0 N–H and O–H groups in total. The summed E-state index contributed by atoms with van der Waals surface area (Å²) in [4.78, 5) is 4.11. The number of pyridine rings is 1.